The number of rotatable bonds is 5. The van der Waals surface area contributed by atoms with E-state index in [1.54, 1.807) is 11.3 Å². The molecule has 1 aliphatic rings. The summed E-state index contributed by atoms with van der Waals surface area (Å²) in [7, 11) is 1.97. The molecule has 2 aromatic rings. The Bertz CT molecular complexity index is 818. The van der Waals surface area contributed by atoms with Crippen molar-refractivity contribution in [3.05, 3.63) is 26.6 Å². The van der Waals surface area contributed by atoms with Crippen molar-refractivity contribution in [2.75, 3.05) is 26.7 Å². The van der Waals surface area contributed by atoms with Crippen molar-refractivity contribution >= 4 is 27.5 Å². The van der Waals surface area contributed by atoms with E-state index in [9.17, 15) is 9.59 Å². The Hall–Kier alpha value is -1.73. The fourth-order valence-corrected chi connectivity index (χ4v) is 4.53. The number of nitrogens with one attached hydrogen (secondary N) is 2. The predicted octanol–water partition coefficient (Wildman–Crippen LogP) is 1.99. The third-order valence-electron chi connectivity index (χ3n) is 5.12. The lowest BCUT2D eigenvalue weighted by molar-refractivity contribution is -0.132. The van der Waals surface area contributed by atoms with Crippen LogP contribution in [0.15, 0.2) is 4.79 Å². The van der Waals surface area contributed by atoms with Crippen molar-refractivity contribution in [2.24, 2.45) is 5.92 Å². The second-order valence-electron chi connectivity index (χ2n) is 6.86. The molecule has 1 saturated heterocycles. The molecule has 7 heteroatoms. The van der Waals surface area contributed by atoms with E-state index < -0.39 is 0 Å². The second-order valence-corrected chi connectivity index (χ2v) is 8.06. The van der Waals surface area contributed by atoms with E-state index in [0.717, 1.165) is 47.7 Å². The molecule has 0 aliphatic carbocycles. The molecule has 0 unspecified atom stereocenters. The lowest BCUT2D eigenvalue weighted by Gasteiger charge is -2.32. The molecule has 3 heterocycles. The van der Waals surface area contributed by atoms with Gasteiger partial charge in [0.15, 0.2) is 0 Å². The number of hydrogen-bond acceptors (Lipinski definition) is 5. The Labute approximate surface area is 151 Å². The van der Waals surface area contributed by atoms with E-state index in [0.29, 0.717) is 30.0 Å². The number of hydrogen-bond donors (Lipinski definition) is 2. The van der Waals surface area contributed by atoms with Gasteiger partial charge in [-0.1, -0.05) is 0 Å². The minimum Gasteiger partial charge on any atom is -0.343 e. The van der Waals surface area contributed by atoms with Gasteiger partial charge in [0.05, 0.1) is 5.39 Å². The number of thiophene rings is 1. The second kappa shape index (κ2) is 7.66. The van der Waals surface area contributed by atoms with Crippen LogP contribution in [-0.2, 0) is 11.2 Å². The first-order chi connectivity index (χ1) is 12.0. The average molecular weight is 362 g/mol. The molecule has 2 N–H and O–H groups in total. The van der Waals surface area contributed by atoms with Crippen molar-refractivity contribution in [1.29, 1.82) is 0 Å². The summed E-state index contributed by atoms with van der Waals surface area (Å²) in [5.74, 6) is 1.43. The number of amides is 1. The SMILES string of the molecule is CNCC1CCN(C(=O)CCc2nc3sc(C)c(C)c3c(=O)[nH]2)CC1. The quantitative estimate of drug-likeness (QED) is 0.853. The summed E-state index contributed by atoms with van der Waals surface area (Å²) in [5, 5.41) is 3.89. The summed E-state index contributed by atoms with van der Waals surface area (Å²) >= 11 is 1.54. The average Bonchev–Trinajstić information content (AvgIpc) is 2.88. The van der Waals surface area contributed by atoms with Crippen molar-refractivity contribution in [3.8, 4) is 0 Å². The Morgan fingerprint density at radius 2 is 2.08 bits per heavy atom. The number of H-pyrrole nitrogens is 1. The molecule has 1 amide bonds. The number of fused-ring (bicyclic) bond motifs is 1. The van der Waals surface area contributed by atoms with Crippen LogP contribution in [0.3, 0.4) is 0 Å². The first-order valence-corrected chi connectivity index (χ1v) is 9.72. The minimum atomic E-state index is -0.0952. The van der Waals surface area contributed by atoms with E-state index in [2.05, 4.69) is 15.3 Å². The van der Waals surface area contributed by atoms with E-state index >= 15 is 0 Å². The fourth-order valence-electron chi connectivity index (χ4n) is 3.48. The van der Waals surface area contributed by atoms with Crippen LogP contribution in [0, 0.1) is 19.8 Å². The highest BCUT2D eigenvalue weighted by atomic mass is 32.1. The van der Waals surface area contributed by atoms with Gasteiger partial charge in [-0.25, -0.2) is 4.98 Å². The lowest BCUT2D eigenvalue weighted by atomic mass is 9.96. The van der Waals surface area contributed by atoms with E-state index in [4.69, 9.17) is 0 Å². The zero-order valence-electron chi connectivity index (χ0n) is 15.1. The van der Waals surface area contributed by atoms with Crippen molar-refractivity contribution < 1.29 is 4.79 Å². The Balaban J connectivity index is 1.61. The molecule has 136 valence electrons. The largest absolute Gasteiger partial charge is 0.343 e. The summed E-state index contributed by atoms with van der Waals surface area (Å²) in [5.41, 5.74) is 0.906. The molecule has 0 bridgehead atoms. The van der Waals surface area contributed by atoms with Crippen LogP contribution < -0.4 is 10.9 Å². The molecule has 0 radical (unpaired) electrons. The van der Waals surface area contributed by atoms with Gasteiger partial charge in [-0.3, -0.25) is 9.59 Å². The Morgan fingerprint density at radius 1 is 1.36 bits per heavy atom. The van der Waals surface area contributed by atoms with Crippen LogP contribution in [0.2, 0.25) is 0 Å². The maximum atomic E-state index is 12.4. The topological polar surface area (TPSA) is 78.1 Å². The van der Waals surface area contributed by atoms with Crippen molar-refractivity contribution in [3.63, 3.8) is 0 Å². The summed E-state index contributed by atoms with van der Waals surface area (Å²) in [6.07, 6.45) is 2.99. The number of nitrogens with zero attached hydrogens (tertiary/aromatic N) is 2. The summed E-state index contributed by atoms with van der Waals surface area (Å²) < 4.78 is 0. The van der Waals surface area contributed by atoms with Gasteiger partial charge in [-0.15, -0.1) is 11.3 Å². The first kappa shape index (κ1) is 18.1. The molecule has 1 aliphatic heterocycles. The molecule has 0 saturated carbocycles. The normalized spacial score (nSPS) is 15.9. The van der Waals surface area contributed by atoms with Crippen LogP contribution >= 0.6 is 11.3 Å². The molecule has 2 aromatic heterocycles. The number of aromatic nitrogens is 2. The highest BCUT2D eigenvalue weighted by Crippen LogP contribution is 2.25. The molecule has 1 fully saturated rings. The molecule has 25 heavy (non-hydrogen) atoms. The molecule has 0 atom stereocenters. The summed E-state index contributed by atoms with van der Waals surface area (Å²) in [6, 6.07) is 0. The summed E-state index contributed by atoms with van der Waals surface area (Å²) in [4.78, 5) is 36.0. The van der Waals surface area contributed by atoms with Crippen molar-refractivity contribution in [1.82, 2.24) is 20.2 Å². The standard InChI is InChI=1S/C18H26N4O2S/c1-11-12(2)25-18-16(11)17(24)20-14(21-18)4-5-15(23)22-8-6-13(7-9-22)10-19-3/h13,19H,4-10H2,1-3H3,(H,20,21,24). The monoisotopic (exact) mass is 362 g/mol. The smallest absolute Gasteiger partial charge is 0.259 e. The van der Waals surface area contributed by atoms with Crippen LogP contribution in [0.1, 0.15) is 35.5 Å². The number of aryl methyl sites for hydroxylation is 3. The highest BCUT2D eigenvalue weighted by Gasteiger charge is 2.22. The van der Waals surface area contributed by atoms with Gasteiger partial charge in [0.25, 0.3) is 5.56 Å². The van der Waals surface area contributed by atoms with Crippen molar-refractivity contribution in [2.45, 2.75) is 39.5 Å². The number of likely N-dealkylation sites (tertiary alicyclic amines) is 1. The Morgan fingerprint density at radius 3 is 2.76 bits per heavy atom. The fraction of sp³-hybridized carbons (Fsp3) is 0.611. The van der Waals surface area contributed by atoms with Gasteiger partial charge in [-0.2, -0.15) is 0 Å². The van der Waals surface area contributed by atoms with Gasteiger partial charge in [0, 0.05) is 30.8 Å². The van der Waals surface area contributed by atoms with E-state index in [1.165, 1.54) is 0 Å². The maximum absolute atomic E-state index is 12.4. The molecule has 0 spiro atoms. The summed E-state index contributed by atoms with van der Waals surface area (Å²) in [6.45, 7) is 6.63. The number of carbonyl (C=O) groups is 1. The first-order valence-electron chi connectivity index (χ1n) is 8.91. The third-order valence-corrected chi connectivity index (χ3v) is 6.22. The van der Waals surface area contributed by atoms with Gasteiger partial charge < -0.3 is 15.2 Å². The zero-order valence-corrected chi connectivity index (χ0v) is 16.0. The van der Waals surface area contributed by atoms with Crippen LogP contribution in [0.4, 0.5) is 0 Å². The number of carbonyl (C=O) groups excluding carboxylic acids is 1. The van der Waals surface area contributed by atoms with Gasteiger partial charge in [0.2, 0.25) is 5.91 Å². The number of aromatic amines is 1. The minimum absolute atomic E-state index is 0.0952. The molecule has 6 nitrogen and oxygen atoms in total. The highest BCUT2D eigenvalue weighted by molar-refractivity contribution is 7.18. The molecular weight excluding hydrogens is 336 g/mol. The molecular formula is C18H26N4O2S. The third kappa shape index (κ3) is 3.93. The lowest BCUT2D eigenvalue weighted by Crippen LogP contribution is -2.40. The zero-order chi connectivity index (χ0) is 18.0. The van der Waals surface area contributed by atoms with E-state index in [1.807, 2.05) is 25.8 Å². The van der Waals surface area contributed by atoms with Crippen LogP contribution in [0.5, 0.6) is 0 Å². The molecule has 0 aromatic carbocycles. The van der Waals surface area contributed by atoms with E-state index in [-0.39, 0.29) is 11.5 Å². The number of piperidine rings is 1. The van der Waals surface area contributed by atoms with Gasteiger partial charge in [-0.05, 0) is 51.8 Å². The molecule has 3 rings (SSSR count). The maximum Gasteiger partial charge on any atom is 0.259 e. The van der Waals surface area contributed by atoms with Crippen LogP contribution in [0.25, 0.3) is 10.2 Å². The predicted molar refractivity (Wildman–Crippen MR) is 101 cm³/mol. The van der Waals surface area contributed by atoms with Gasteiger partial charge in [0.1, 0.15) is 10.7 Å². The van der Waals surface area contributed by atoms with Crippen LogP contribution in [-0.4, -0.2) is 47.5 Å². The Kier molecular flexibility index (Phi) is 5.54. The van der Waals surface area contributed by atoms with Gasteiger partial charge >= 0.3 is 0 Å².